The van der Waals surface area contributed by atoms with Crippen LogP contribution in [0.2, 0.25) is 0 Å². The number of nitrogens with zero attached hydrogens (tertiary/aromatic N) is 3. The van der Waals surface area contributed by atoms with Crippen molar-refractivity contribution in [3.05, 3.63) is 70.2 Å². The summed E-state index contributed by atoms with van der Waals surface area (Å²) >= 11 is 1.80. The summed E-state index contributed by atoms with van der Waals surface area (Å²) in [6.45, 7) is 6.57. The van der Waals surface area contributed by atoms with Gasteiger partial charge in [-0.05, 0) is 50.1 Å². The monoisotopic (exact) mass is 495 g/mol. The summed E-state index contributed by atoms with van der Waals surface area (Å²) in [6, 6.07) is 14.4. The lowest BCUT2D eigenvalue weighted by Gasteiger charge is -2.10. The fourth-order valence-electron chi connectivity index (χ4n) is 2.61. The van der Waals surface area contributed by atoms with E-state index in [1.54, 1.807) is 11.3 Å². The average molecular weight is 495 g/mol. The fourth-order valence-corrected chi connectivity index (χ4v) is 3.42. The van der Waals surface area contributed by atoms with Crippen LogP contribution in [0.4, 0.5) is 0 Å². The first-order chi connectivity index (χ1) is 12.7. The molecule has 1 aromatic carbocycles. The molecular formula is C20H26IN5S. The maximum atomic E-state index is 4.67. The molecule has 0 saturated carbocycles. The van der Waals surface area contributed by atoms with Crippen molar-refractivity contribution in [2.45, 2.75) is 26.8 Å². The molecule has 0 aliphatic carbocycles. The number of rotatable bonds is 7. The van der Waals surface area contributed by atoms with Crippen molar-refractivity contribution >= 4 is 41.3 Å². The van der Waals surface area contributed by atoms with Gasteiger partial charge in [-0.15, -0.1) is 35.3 Å². The number of aryl methyl sites for hydroxylation is 1. The summed E-state index contributed by atoms with van der Waals surface area (Å²) < 4.78 is 1.91. The number of aromatic nitrogens is 2. The van der Waals surface area contributed by atoms with Crippen LogP contribution < -0.4 is 10.6 Å². The molecular weight excluding hydrogens is 469 g/mol. The Morgan fingerprint density at radius 2 is 1.96 bits per heavy atom. The number of hydrogen-bond acceptors (Lipinski definition) is 3. The van der Waals surface area contributed by atoms with Gasteiger partial charge in [-0.2, -0.15) is 5.10 Å². The molecule has 2 N–H and O–H groups in total. The highest BCUT2D eigenvalue weighted by molar-refractivity contribution is 14.0. The van der Waals surface area contributed by atoms with Gasteiger partial charge in [0.2, 0.25) is 0 Å². The molecule has 0 unspecified atom stereocenters. The summed E-state index contributed by atoms with van der Waals surface area (Å²) in [5.74, 6) is 0.856. The van der Waals surface area contributed by atoms with Crippen LogP contribution >= 0.6 is 35.3 Å². The van der Waals surface area contributed by atoms with Gasteiger partial charge in [0.25, 0.3) is 0 Å². The summed E-state index contributed by atoms with van der Waals surface area (Å²) in [4.78, 5) is 7.27. The van der Waals surface area contributed by atoms with Crippen LogP contribution in [-0.4, -0.2) is 28.8 Å². The third-order valence-corrected chi connectivity index (χ3v) is 4.88. The maximum Gasteiger partial charge on any atom is 0.191 e. The summed E-state index contributed by atoms with van der Waals surface area (Å²) in [5.41, 5.74) is 2.28. The van der Waals surface area contributed by atoms with Crippen molar-refractivity contribution in [1.82, 2.24) is 20.4 Å². The summed E-state index contributed by atoms with van der Waals surface area (Å²) in [6.07, 6.45) is 4.90. The van der Waals surface area contributed by atoms with E-state index in [0.717, 1.165) is 31.2 Å². The number of nitrogens with one attached hydrogen (secondary N) is 2. The zero-order valence-corrected chi connectivity index (χ0v) is 18.8. The van der Waals surface area contributed by atoms with Crippen molar-refractivity contribution < 1.29 is 0 Å². The largest absolute Gasteiger partial charge is 0.357 e. The lowest BCUT2D eigenvalue weighted by molar-refractivity contribution is 0.800. The minimum absolute atomic E-state index is 0. The number of benzene rings is 1. The van der Waals surface area contributed by atoms with Gasteiger partial charge in [0.05, 0.1) is 18.4 Å². The lowest BCUT2D eigenvalue weighted by atomic mass is 10.2. The van der Waals surface area contributed by atoms with Crippen LogP contribution in [0, 0.1) is 6.92 Å². The van der Waals surface area contributed by atoms with E-state index in [1.165, 1.54) is 15.3 Å². The van der Waals surface area contributed by atoms with Gasteiger partial charge in [-0.1, -0.05) is 18.2 Å². The number of hydrogen-bond donors (Lipinski definition) is 2. The molecule has 3 aromatic rings. The Morgan fingerprint density at radius 1 is 1.15 bits per heavy atom. The van der Waals surface area contributed by atoms with Crippen LogP contribution in [0.1, 0.15) is 22.2 Å². The fraction of sp³-hybridized carbons (Fsp3) is 0.300. The third kappa shape index (κ3) is 6.66. The van der Waals surface area contributed by atoms with Crippen molar-refractivity contribution in [2.24, 2.45) is 4.99 Å². The lowest BCUT2D eigenvalue weighted by Crippen LogP contribution is -2.38. The molecule has 2 aromatic heterocycles. The molecule has 0 aliphatic rings. The number of guanidine groups is 1. The van der Waals surface area contributed by atoms with Crippen LogP contribution in [0.25, 0.3) is 5.69 Å². The molecule has 3 rings (SSSR count). The number of para-hydroxylation sites is 1. The Labute approximate surface area is 181 Å². The Bertz CT molecular complexity index is 841. The number of halogens is 1. The third-order valence-electron chi connectivity index (χ3n) is 3.90. The molecule has 0 bridgehead atoms. The minimum atomic E-state index is 0. The molecule has 5 nitrogen and oxygen atoms in total. The normalized spacial score (nSPS) is 11.1. The van der Waals surface area contributed by atoms with Crippen molar-refractivity contribution in [3.63, 3.8) is 0 Å². The molecule has 0 radical (unpaired) electrons. The van der Waals surface area contributed by atoms with E-state index < -0.39 is 0 Å². The summed E-state index contributed by atoms with van der Waals surface area (Å²) in [5, 5.41) is 11.1. The molecule has 7 heteroatoms. The highest BCUT2D eigenvalue weighted by Crippen LogP contribution is 2.15. The van der Waals surface area contributed by atoms with Crippen LogP contribution in [-0.2, 0) is 13.0 Å². The van der Waals surface area contributed by atoms with E-state index in [0.29, 0.717) is 6.54 Å². The Kier molecular flexibility index (Phi) is 8.80. The predicted molar refractivity (Wildman–Crippen MR) is 125 cm³/mol. The van der Waals surface area contributed by atoms with Gasteiger partial charge < -0.3 is 10.6 Å². The van der Waals surface area contributed by atoms with Crippen molar-refractivity contribution in [1.29, 1.82) is 0 Å². The molecule has 0 amide bonds. The van der Waals surface area contributed by atoms with E-state index in [2.05, 4.69) is 65.0 Å². The van der Waals surface area contributed by atoms with Gasteiger partial charge in [-0.25, -0.2) is 9.67 Å². The Morgan fingerprint density at radius 3 is 2.67 bits per heavy atom. The first-order valence-corrected chi connectivity index (χ1v) is 9.72. The molecule has 0 spiro atoms. The van der Waals surface area contributed by atoms with E-state index in [-0.39, 0.29) is 24.0 Å². The van der Waals surface area contributed by atoms with Gasteiger partial charge >= 0.3 is 0 Å². The van der Waals surface area contributed by atoms with Crippen molar-refractivity contribution in [2.75, 3.05) is 13.1 Å². The Balaban J connectivity index is 0.00000261. The van der Waals surface area contributed by atoms with Crippen LogP contribution in [0.3, 0.4) is 0 Å². The first-order valence-electron chi connectivity index (χ1n) is 8.91. The second kappa shape index (κ2) is 11.1. The molecule has 27 heavy (non-hydrogen) atoms. The highest BCUT2D eigenvalue weighted by atomic mass is 127. The van der Waals surface area contributed by atoms with Crippen LogP contribution in [0.5, 0.6) is 0 Å². The first kappa shape index (κ1) is 21.4. The smallest absolute Gasteiger partial charge is 0.191 e. The second-order valence-electron chi connectivity index (χ2n) is 6.01. The predicted octanol–water partition coefficient (Wildman–Crippen LogP) is 4.16. The standard InChI is InChI=1S/C20H25N5S.HI/c1-3-21-20(23-14-19-10-9-16(2)26-19)22-12-11-17-13-24-25(15-17)18-7-5-4-6-8-18;/h4-10,13,15H,3,11-12,14H2,1-2H3,(H2,21,22,23);1H. The molecule has 0 atom stereocenters. The molecule has 144 valence electrons. The van der Waals surface area contributed by atoms with E-state index in [4.69, 9.17) is 0 Å². The molecule has 0 fully saturated rings. The number of thiophene rings is 1. The summed E-state index contributed by atoms with van der Waals surface area (Å²) in [7, 11) is 0. The highest BCUT2D eigenvalue weighted by Gasteiger charge is 2.03. The molecule has 0 saturated heterocycles. The molecule has 2 heterocycles. The van der Waals surface area contributed by atoms with E-state index >= 15 is 0 Å². The van der Waals surface area contributed by atoms with E-state index in [9.17, 15) is 0 Å². The molecule has 0 aliphatic heterocycles. The number of aliphatic imine (C=N–C) groups is 1. The second-order valence-corrected chi connectivity index (χ2v) is 7.39. The van der Waals surface area contributed by atoms with Crippen molar-refractivity contribution in [3.8, 4) is 5.69 Å². The van der Waals surface area contributed by atoms with Gasteiger partial charge in [0.15, 0.2) is 5.96 Å². The van der Waals surface area contributed by atoms with Gasteiger partial charge in [-0.3, -0.25) is 0 Å². The Hall–Kier alpha value is -1.87. The zero-order valence-electron chi connectivity index (χ0n) is 15.7. The SMILES string of the molecule is CCNC(=NCc1ccc(C)s1)NCCc1cnn(-c2ccccc2)c1.I. The average Bonchev–Trinajstić information content (AvgIpc) is 3.29. The zero-order chi connectivity index (χ0) is 18.2. The topological polar surface area (TPSA) is 54.2 Å². The maximum absolute atomic E-state index is 4.67. The minimum Gasteiger partial charge on any atom is -0.357 e. The van der Waals surface area contributed by atoms with E-state index in [1.807, 2.05) is 29.1 Å². The van der Waals surface area contributed by atoms with Crippen LogP contribution in [0.15, 0.2) is 59.9 Å². The quantitative estimate of drug-likeness (QED) is 0.294. The van der Waals surface area contributed by atoms with Gasteiger partial charge in [0.1, 0.15) is 0 Å². The van der Waals surface area contributed by atoms with Gasteiger partial charge in [0, 0.05) is 29.0 Å².